The molecule has 0 spiro atoms. The quantitative estimate of drug-likeness (QED) is 0.665. The van der Waals surface area contributed by atoms with Crippen LogP contribution >= 0.6 is 23.4 Å². The molecular formula is C20H22ClFN2O3S2. The van der Waals surface area contributed by atoms with Crippen LogP contribution in [-0.2, 0) is 10.0 Å². The maximum atomic E-state index is 13.3. The highest BCUT2D eigenvalue weighted by molar-refractivity contribution is 8.00. The number of halogens is 2. The number of hydrogen-bond donors (Lipinski definition) is 2. The van der Waals surface area contributed by atoms with Gasteiger partial charge in [-0.3, -0.25) is 0 Å². The van der Waals surface area contributed by atoms with Crippen molar-refractivity contribution in [3.05, 3.63) is 52.8 Å². The van der Waals surface area contributed by atoms with Gasteiger partial charge >= 0.3 is 0 Å². The first kappa shape index (κ1) is 20.8. The van der Waals surface area contributed by atoms with E-state index >= 15 is 0 Å². The Morgan fingerprint density at radius 1 is 1.21 bits per heavy atom. The largest absolute Gasteiger partial charge is 0.491 e. The van der Waals surface area contributed by atoms with Gasteiger partial charge in [-0.2, -0.15) is 11.8 Å². The molecule has 0 aromatic heterocycles. The zero-order valence-corrected chi connectivity index (χ0v) is 18.0. The van der Waals surface area contributed by atoms with Gasteiger partial charge < -0.3 is 10.1 Å². The molecule has 156 valence electrons. The van der Waals surface area contributed by atoms with Crippen molar-refractivity contribution < 1.29 is 17.5 Å². The molecule has 0 amide bonds. The van der Waals surface area contributed by atoms with Gasteiger partial charge in [-0.05, 0) is 42.9 Å². The summed E-state index contributed by atoms with van der Waals surface area (Å²) in [6.07, 6.45) is 3.36. The van der Waals surface area contributed by atoms with Gasteiger partial charge in [0.05, 0.1) is 11.1 Å². The first-order chi connectivity index (χ1) is 13.9. The second-order valence-electron chi connectivity index (χ2n) is 7.18. The predicted molar refractivity (Wildman–Crippen MR) is 115 cm³/mol. The van der Waals surface area contributed by atoms with Crippen LogP contribution in [0.1, 0.15) is 30.9 Å². The van der Waals surface area contributed by atoms with Crippen LogP contribution in [0.5, 0.6) is 5.75 Å². The van der Waals surface area contributed by atoms with Crippen LogP contribution in [0.25, 0.3) is 0 Å². The molecule has 2 atom stereocenters. The number of ether oxygens (including phenoxy) is 1. The summed E-state index contributed by atoms with van der Waals surface area (Å²) in [5, 5.41) is 3.73. The first-order valence-electron chi connectivity index (χ1n) is 9.52. The van der Waals surface area contributed by atoms with Crippen molar-refractivity contribution in [3.63, 3.8) is 0 Å². The lowest BCUT2D eigenvalue weighted by molar-refractivity contribution is 0.338. The van der Waals surface area contributed by atoms with E-state index in [1.54, 1.807) is 18.2 Å². The molecule has 29 heavy (non-hydrogen) atoms. The second-order valence-corrected chi connectivity index (χ2v) is 10.7. The first-order valence-corrected chi connectivity index (χ1v) is 12.4. The van der Waals surface area contributed by atoms with E-state index in [9.17, 15) is 12.8 Å². The third-order valence-corrected chi connectivity index (χ3v) is 8.40. The maximum absolute atomic E-state index is 13.3. The van der Waals surface area contributed by atoms with Crippen molar-refractivity contribution in [1.82, 2.24) is 4.72 Å². The third kappa shape index (κ3) is 4.82. The highest BCUT2D eigenvalue weighted by atomic mass is 35.5. The molecule has 0 radical (unpaired) electrons. The molecule has 4 rings (SSSR count). The van der Waals surface area contributed by atoms with E-state index in [2.05, 4.69) is 10.0 Å². The van der Waals surface area contributed by atoms with Crippen molar-refractivity contribution >= 4 is 39.1 Å². The molecule has 2 aliphatic rings. The lowest BCUT2D eigenvalue weighted by Gasteiger charge is -2.21. The van der Waals surface area contributed by atoms with Gasteiger partial charge in [0.1, 0.15) is 23.1 Å². The smallest absolute Gasteiger partial charge is 0.242 e. The number of nitrogens with one attached hydrogen (secondary N) is 2. The number of rotatable bonds is 6. The van der Waals surface area contributed by atoms with Gasteiger partial charge in [-0.25, -0.2) is 17.5 Å². The lowest BCUT2D eigenvalue weighted by Crippen LogP contribution is -2.32. The molecular weight excluding hydrogens is 435 g/mol. The number of thioether (sulfide) groups is 1. The fourth-order valence-corrected chi connectivity index (χ4v) is 6.53. The second kappa shape index (κ2) is 8.71. The van der Waals surface area contributed by atoms with Crippen molar-refractivity contribution in [2.75, 3.05) is 24.2 Å². The van der Waals surface area contributed by atoms with Crippen molar-refractivity contribution in [2.24, 2.45) is 0 Å². The van der Waals surface area contributed by atoms with E-state index in [1.807, 2.05) is 11.8 Å². The summed E-state index contributed by atoms with van der Waals surface area (Å²) < 4.78 is 46.9. The molecule has 0 saturated carbocycles. The van der Waals surface area contributed by atoms with E-state index in [1.165, 1.54) is 24.6 Å². The van der Waals surface area contributed by atoms with Gasteiger partial charge in [0.25, 0.3) is 0 Å². The van der Waals surface area contributed by atoms with Gasteiger partial charge in [-0.15, -0.1) is 0 Å². The monoisotopic (exact) mass is 456 g/mol. The van der Waals surface area contributed by atoms with Crippen molar-refractivity contribution in [3.8, 4) is 5.75 Å². The average molecular weight is 457 g/mol. The van der Waals surface area contributed by atoms with E-state index in [-0.39, 0.29) is 21.8 Å². The van der Waals surface area contributed by atoms with Crippen LogP contribution in [0.3, 0.4) is 0 Å². The fourth-order valence-electron chi connectivity index (χ4n) is 3.56. The minimum Gasteiger partial charge on any atom is -0.491 e. The van der Waals surface area contributed by atoms with Crippen LogP contribution in [-0.4, -0.2) is 32.6 Å². The molecule has 2 aromatic carbocycles. The van der Waals surface area contributed by atoms with E-state index in [4.69, 9.17) is 16.3 Å². The summed E-state index contributed by atoms with van der Waals surface area (Å²) in [4.78, 5) is 0.0654. The normalized spacial score (nSPS) is 21.4. The highest BCUT2D eigenvalue weighted by Gasteiger charge is 2.26. The SMILES string of the molecule is O=S(=O)(NCC1CCCCS1)c1ccc(NC2COc3cc(F)ccc32)cc1Cl. The molecule has 1 fully saturated rings. The molecule has 2 unspecified atom stereocenters. The topological polar surface area (TPSA) is 67.4 Å². The number of fused-ring (bicyclic) bond motifs is 1. The minimum absolute atomic E-state index is 0.0654. The molecule has 9 heteroatoms. The van der Waals surface area contributed by atoms with Crippen LogP contribution in [0.2, 0.25) is 5.02 Å². The Labute approximate surface area is 179 Å². The molecule has 5 nitrogen and oxygen atoms in total. The van der Waals surface area contributed by atoms with Crippen LogP contribution in [0, 0.1) is 5.82 Å². The van der Waals surface area contributed by atoms with Crippen LogP contribution in [0.4, 0.5) is 10.1 Å². The Morgan fingerprint density at radius 2 is 2.07 bits per heavy atom. The summed E-state index contributed by atoms with van der Waals surface area (Å²) in [6, 6.07) is 9.04. The number of hydrogen-bond acceptors (Lipinski definition) is 5. The molecule has 1 saturated heterocycles. The summed E-state index contributed by atoms with van der Waals surface area (Å²) in [7, 11) is -3.68. The molecule has 0 aliphatic carbocycles. The standard InChI is InChI=1S/C20H22ClFN2O3S2/c21-17-10-14(24-18-12-27-19-9-13(22)4-6-16(18)19)5-7-20(17)29(25,26)23-11-15-3-1-2-8-28-15/h4-7,9-10,15,18,23-24H,1-3,8,11-12H2. The van der Waals surface area contributed by atoms with Gasteiger partial charge in [-0.1, -0.05) is 24.1 Å². The minimum atomic E-state index is -3.68. The highest BCUT2D eigenvalue weighted by Crippen LogP contribution is 2.36. The molecule has 2 heterocycles. The van der Waals surface area contributed by atoms with Crippen molar-refractivity contribution in [2.45, 2.75) is 35.4 Å². The Bertz CT molecular complexity index is 997. The van der Waals surface area contributed by atoms with E-state index < -0.39 is 10.0 Å². The Balaban J connectivity index is 1.44. The summed E-state index contributed by atoms with van der Waals surface area (Å²) in [5.41, 5.74) is 1.52. The van der Waals surface area contributed by atoms with E-state index in [0.29, 0.717) is 29.8 Å². The number of sulfonamides is 1. The molecule has 2 N–H and O–H groups in total. The molecule has 2 aromatic rings. The number of benzene rings is 2. The molecule has 0 bridgehead atoms. The number of anilines is 1. The van der Waals surface area contributed by atoms with Crippen LogP contribution in [0.15, 0.2) is 41.3 Å². The Hall–Kier alpha value is -1.48. The predicted octanol–water partition coefficient (Wildman–Crippen LogP) is 4.59. The Kier molecular flexibility index (Phi) is 6.24. The summed E-state index contributed by atoms with van der Waals surface area (Å²) in [5.74, 6) is 1.24. The lowest BCUT2D eigenvalue weighted by atomic mass is 10.1. The van der Waals surface area contributed by atoms with Gasteiger partial charge in [0.15, 0.2) is 0 Å². The summed E-state index contributed by atoms with van der Waals surface area (Å²) >= 11 is 8.11. The van der Waals surface area contributed by atoms with E-state index in [0.717, 1.165) is 24.2 Å². The van der Waals surface area contributed by atoms with Gasteiger partial charge in [0, 0.05) is 29.1 Å². The van der Waals surface area contributed by atoms with Crippen molar-refractivity contribution in [1.29, 1.82) is 0 Å². The zero-order valence-electron chi connectivity index (χ0n) is 15.7. The third-order valence-electron chi connectivity index (χ3n) is 5.09. The molecule has 2 aliphatic heterocycles. The zero-order chi connectivity index (χ0) is 20.4. The van der Waals surface area contributed by atoms with Gasteiger partial charge in [0.2, 0.25) is 10.0 Å². The maximum Gasteiger partial charge on any atom is 0.242 e. The fraction of sp³-hybridized carbons (Fsp3) is 0.400. The van der Waals surface area contributed by atoms with Crippen LogP contribution < -0.4 is 14.8 Å². The summed E-state index contributed by atoms with van der Waals surface area (Å²) in [6.45, 7) is 0.771. The average Bonchev–Trinajstić information content (AvgIpc) is 3.09. The Morgan fingerprint density at radius 3 is 2.83 bits per heavy atom.